The highest BCUT2D eigenvalue weighted by atomic mass is 19.1. The highest BCUT2D eigenvalue weighted by Gasteiger charge is 2.18. The van der Waals surface area contributed by atoms with Gasteiger partial charge in [-0.15, -0.1) is 0 Å². The molecule has 0 aliphatic rings. The van der Waals surface area contributed by atoms with Gasteiger partial charge in [0.1, 0.15) is 22.8 Å². The summed E-state index contributed by atoms with van der Waals surface area (Å²) in [5, 5.41) is 12.8. The Morgan fingerprint density at radius 3 is 2.72 bits per heavy atom. The Hall–Kier alpha value is -4.04. The quantitative estimate of drug-likeness (QED) is 0.490. The summed E-state index contributed by atoms with van der Waals surface area (Å²) in [6.45, 7) is 1.45. The summed E-state index contributed by atoms with van der Waals surface area (Å²) in [7, 11) is 1.51. The van der Waals surface area contributed by atoms with Crippen LogP contribution >= 0.6 is 0 Å². The molecule has 2 aromatic carbocycles. The molecule has 0 unspecified atom stereocenters. The first kappa shape index (κ1) is 21.2. The highest BCUT2D eigenvalue weighted by Crippen LogP contribution is 2.27. The number of nitrogens with one attached hydrogen (secondary N) is 1. The lowest BCUT2D eigenvalue weighted by atomic mass is 10.1. The number of methoxy groups -OCH3 is 1. The standard InChI is InChI=1S/C24H20FN3O4/c1-14-22-16(15(13-29)12-26-14)11-17(23(30)27-19-8-4-3-7-18(19)25)24(32-22)28-20-9-5-6-10-21(20)31-2/h3-12,29H,13H2,1-2H3,(H,27,30). The summed E-state index contributed by atoms with van der Waals surface area (Å²) >= 11 is 0. The van der Waals surface area contributed by atoms with E-state index in [0.29, 0.717) is 33.7 Å². The lowest BCUT2D eigenvalue weighted by Gasteiger charge is -2.10. The molecule has 2 N–H and O–H groups in total. The van der Waals surface area contributed by atoms with Gasteiger partial charge in [0.2, 0.25) is 5.55 Å². The minimum Gasteiger partial charge on any atom is -0.494 e. The second kappa shape index (κ2) is 8.99. The number of aromatic nitrogens is 1. The lowest BCUT2D eigenvalue weighted by molar-refractivity contribution is 0.102. The molecule has 0 fully saturated rings. The fourth-order valence-electron chi connectivity index (χ4n) is 3.24. The lowest BCUT2D eigenvalue weighted by Crippen LogP contribution is -2.22. The summed E-state index contributed by atoms with van der Waals surface area (Å²) in [5.74, 6) is -0.701. The molecule has 0 saturated heterocycles. The van der Waals surface area contributed by atoms with Crippen molar-refractivity contribution in [3.05, 3.63) is 89.0 Å². The summed E-state index contributed by atoms with van der Waals surface area (Å²) in [5.41, 5.74) is 1.96. The number of carbonyl (C=O) groups is 1. The van der Waals surface area contributed by atoms with Gasteiger partial charge in [-0.05, 0) is 37.3 Å². The van der Waals surface area contributed by atoms with E-state index in [1.54, 1.807) is 43.3 Å². The molecule has 2 aromatic heterocycles. The number of aliphatic hydroxyl groups excluding tert-OH is 1. The average molecular weight is 433 g/mol. The van der Waals surface area contributed by atoms with E-state index >= 15 is 0 Å². The van der Waals surface area contributed by atoms with Crippen molar-refractivity contribution in [3.63, 3.8) is 0 Å². The predicted molar refractivity (Wildman–Crippen MR) is 117 cm³/mol. The van der Waals surface area contributed by atoms with Crippen molar-refractivity contribution >= 4 is 28.3 Å². The number of para-hydroxylation sites is 3. The highest BCUT2D eigenvalue weighted by molar-refractivity contribution is 6.05. The van der Waals surface area contributed by atoms with Gasteiger partial charge >= 0.3 is 0 Å². The zero-order valence-electron chi connectivity index (χ0n) is 17.4. The number of aliphatic hydroxyl groups is 1. The van der Waals surface area contributed by atoms with Crippen molar-refractivity contribution in [1.82, 2.24) is 4.98 Å². The fraction of sp³-hybridized carbons (Fsp3) is 0.125. The van der Waals surface area contributed by atoms with Crippen LogP contribution < -0.4 is 15.6 Å². The molecule has 4 aromatic rings. The van der Waals surface area contributed by atoms with Crippen LogP contribution in [-0.4, -0.2) is 23.1 Å². The van der Waals surface area contributed by atoms with Crippen LogP contribution in [0.1, 0.15) is 21.6 Å². The fourth-order valence-corrected chi connectivity index (χ4v) is 3.24. The molecule has 0 radical (unpaired) electrons. The molecular formula is C24H20FN3O4. The molecule has 32 heavy (non-hydrogen) atoms. The van der Waals surface area contributed by atoms with E-state index in [-0.39, 0.29) is 23.4 Å². The average Bonchev–Trinajstić information content (AvgIpc) is 2.81. The van der Waals surface area contributed by atoms with Crippen LogP contribution in [0.2, 0.25) is 0 Å². The van der Waals surface area contributed by atoms with Gasteiger partial charge < -0.3 is 19.6 Å². The van der Waals surface area contributed by atoms with E-state index in [4.69, 9.17) is 9.15 Å². The Bertz CT molecular complexity index is 1380. The van der Waals surface area contributed by atoms with Crippen LogP contribution in [0.15, 0.2) is 70.2 Å². The van der Waals surface area contributed by atoms with Gasteiger partial charge in [-0.1, -0.05) is 24.3 Å². The largest absolute Gasteiger partial charge is 0.494 e. The van der Waals surface area contributed by atoms with Crippen LogP contribution in [0.5, 0.6) is 5.75 Å². The number of pyridine rings is 1. The molecule has 7 nitrogen and oxygen atoms in total. The number of ether oxygens (including phenoxy) is 1. The number of halogens is 1. The number of nitrogens with zero attached hydrogens (tertiary/aromatic N) is 2. The van der Waals surface area contributed by atoms with Crippen LogP contribution in [0, 0.1) is 12.7 Å². The van der Waals surface area contributed by atoms with Crippen molar-refractivity contribution < 1.29 is 23.4 Å². The number of carbonyl (C=O) groups excluding carboxylic acids is 1. The second-order valence-corrected chi connectivity index (χ2v) is 6.95. The van der Waals surface area contributed by atoms with E-state index in [9.17, 15) is 14.3 Å². The molecule has 0 atom stereocenters. The van der Waals surface area contributed by atoms with Crippen molar-refractivity contribution in [1.29, 1.82) is 0 Å². The summed E-state index contributed by atoms with van der Waals surface area (Å²) in [6.07, 6.45) is 1.52. The molecule has 0 bridgehead atoms. The number of fused-ring (bicyclic) bond motifs is 1. The molecule has 2 heterocycles. The number of benzene rings is 2. The maximum absolute atomic E-state index is 14.1. The molecular weight excluding hydrogens is 413 g/mol. The van der Waals surface area contributed by atoms with Gasteiger partial charge in [0.25, 0.3) is 5.91 Å². The van der Waals surface area contributed by atoms with Gasteiger partial charge in [-0.2, -0.15) is 0 Å². The Morgan fingerprint density at radius 2 is 1.97 bits per heavy atom. The topological polar surface area (TPSA) is 97.0 Å². The maximum Gasteiger partial charge on any atom is 0.261 e. The third kappa shape index (κ3) is 4.08. The Labute approximate surface area is 182 Å². The third-order valence-electron chi connectivity index (χ3n) is 4.90. The van der Waals surface area contributed by atoms with Crippen LogP contribution in [0.3, 0.4) is 0 Å². The Morgan fingerprint density at radius 1 is 1.22 bits per heavy atom. The molecule has 0 spiro atoms. The molecule has 1 amide bonds. The van der Waals surface area contributed by atoms with E-state index in [1.165, 1.54) is 31.5 Å². The van der Waals surface area contributed by atoms with E-state index in [1.807, 2.05) is 0 Å². The van der Waals surface area contributed by atoms with Gasteiger partial charge in [-0.3, -0.25) is 9.78 Å². The van der Waals surface area contributed by atoms with Gasteiger partial charge in [0.15, 0.2) is 5.58 Å². The number of hydrogen-bond donors (Lipinski definition) is 2. The first-order valence-corrected chi connectivity index (χ1v) is 9.78. The zero-order valence-corrected chi connectivity index (χ0v) is 17.4. The second-order valence-electron chi connectivity index (χ2n) is 6.95. The van der Waals surface area contributed by atoms with E-state index in [2.05, 4.69) is 15.3 Å². The van der Waals surface area contributed by atoms with Crippen LogP contribution in [-0.2, 0) is 6.61 Å². The van der Waals surface area contributed by atoms with E-state index < -0.39 is 11.7 Å². The molecule has 0 saturated carbocycles. The van der Waals surface area contributed by atoms with Gasteiger partial charge in [0.05, 0.1) is 25.1 Å². The summed E-state index contributed by atoms with van der Waals surface area (Å²) < 4.78 is 25.5. The number of aryl methyl sites for hydroxylation is 1. The number of amides is 1. The molecule has 0 aliphatic carbocycles. The monoisotopic (exact) mass is 433 g/mol. The zero-order chi connectivity index (χ0) is 22.7. The van der Waals surface area contributed by atoms with Crippen LogP contribution in [0.4, 0.5) is 15.8 Å². The summed E-state index contributed by atoms with van der Waals surface area (Å²) in [4.78, 5) is 21.9. The Kier molecular flexibility index (Phi) is 5.96. The van der Waals surface area contributed by atoms with Crippen LogP contribution in [0.25, 0.3) is 11.0 Å². The van der Waals surface area contributed by atoms with Crippen molar-refractivity contribution in [2.75, 3.05) is 12.4 Å². The Balaban J connectivity index is 1.96. The normalized spacial score (nSPS) is 11.6. The molecule has 0 aliphatic heterocycles. The van der Waals surface area contributed by atoms with Gasteiger partial charge in [0, 0.05) is 17.1 Å². The minimum atomic E-state index is -0.618. The smallest absolute Gasteiger partial charge is 0.261 e. The maximum atomic E-state index is 14.1. The summed E-state index contributed by atoms with van der Waals surface area (Å²) in [6, 6.07) is 14.4. The third-order valence-corrected chi connectivity index (χ3v) is 4.90. The first-order chi connectivity index (χ1) is 15.5. The van der Waals surface area contributed by atoms with E-state index in [0.717, 1.165) is 0 Å². The first-order valence-electron chi connectivity index (χ1n) is 9.78. The molecule has 8 heteroatoms. The van der Waals surface area contributed by atoms with Crippen molar-refractivity contribution in [2.24, 2.45) is 4.99 Å². The minimum absolute atomic E-state index is 0.00386. The van der Waals surface area contributed by atoms with Gasteiger partial charge in [-0.25, -0.2) is 9.38 Å². The SMILES string of the molecule is COc1ccccc1N=c1oc2c(C)ncc(CO)c2cc1C(=O)Nc1ccccc1F. The number of hydrogen-bond acceptors (Lipinski definition) is 6. The van der Waals surface area contributed by atoms with Crippen molar-refractivity contribution in [2.45, 2.75) is 13.5 Å². The number of anilines is 1. The van der Waals surface area contributed by atoms with Crippen molar-refractivity contribution in [3.8, 4) is 5.75 Å². The number of rotatable bonds is 5. The predicted octanol–water partition coefficient (Wildman–Crippen LogP) is 4.26. The molecule has 162 valence electrons. The molecule has 4 rings (SSSR count).